The molecule has 0 aromatic heterocycles. The molecule has 1 amide bonds. The van der Waals surface area contributed by atoms with Crippen LogP contribution in [0.25, 0.3) is 0 Å². The van der Waals surface area contributed by atoms with Gasteiger partial charge in [0.05, 0.1) is 43.0 Å². The summed E-state index contributed by atoms with van der Waals surface area (Å²) in [4.78, 5) is 25.1. The van der Waals surface area contributed by atoms with Crippen molar-refractivity contribution in [2.45, 2.75) is 91.9 Å². The van der Waals surface area contributed by atoms with E-state index in [1.807, 2.05) is 0 Å². The zero-order chi connectivity index (χ0) is 33.2. The number of carbonyl (C=O) groups excluding carboxylic acids is 1. The SMILES string of the molecule is N[C@H]1[C@H](OC2[C@@H](CO)O[C@@H](OC3[C@@H](CO)O[C@@H](O)[C@H](N)[C@H]3O)[C@H](NC(=O)c3ccccc3C(=O)O)[C@H]2O)O[C@H](CO)[C@@H](O)[C@@H]1O. The van der Waals surface area contributed by atoms with Gasteiger partial charge in [-0.15, -0.1) is 0 Å². The number of aliphatic hydroxyl groups excluding tert-OH is 8. The number of hydrogen-bond donors (Lipinski definition) is 12. The summed E-state index contributed by atoms with van der Waals surface area (Å²) in [6.07, 6.45) is -19.2. The van der Waals surface area contributed by atoms with Gasteiger partial charge in [-0.2, -0.15) is 0 Å². The molecule has 14 N–H and O–H groups in total. The second-order valence-corrected chi connectivity index (χ2v) is 10.9. The van der Waals surface area contributed by atoms with Crippen LogP contribution in [0.1, 0.15) is 20.7 Å². The van der Waals surface area contributed by atoms with E-state index >= 15 is 0 Å². The molecule has 3 fully saturated rings. The smallest absolute Gasteiger partial charge is 0.336 e. The van der Waals surface area contributed by atoms with Gasteiger partial charge < -0.3 is 86.4 Å². The number of carboxylic acids is 1. The molecule has 0 saturated carbocycles. The predicted molar refractivity (Wildman–Crippen MR) is 144 cm³/mol. The molecule has 0 aliphatic carbocycles. The third-order valence-corrected chi connectivity index (χ3v) is 7.98. The largest absolute Gasteiger partial charge is 0.478 e. The molecule has 1 aromatic rings. The predicted octanol–water partition coefficient (Wildman–Crippen LogP) is -6.50. The van der Waals surface area contributed by atoms with E-state index in [-0.39, 0.29) is 11.1 Å². The summed E-state index contributed by atoms with van der Waals surface area (Å²) in [6.45, 7) is -2.38. The molecule has 0 radical (unpaired) electrons. The van der Waals surface area contributed by atoms with Crippen LogP contribution in [0, 0.1) is 0 Å². The summed E-state index contributed by atoms with van der Waals surface area (Å²) in [7, 11) is 0. The van der Waals surface area contributed by atoms with E-state index in [2.05, 4.69) is 5.32 Å². The third-order valence-electron chi connectivity index (χ3n) is 7.98. The Morgan fingerprint density at radius 1 is 0.711 bits per heavy atom. The van der Waals surface area contributed by atoms with Gasteiger partial charge in [0.25, 0.3) is 5.91 Å². The standard InChI is InChI=1S/C26H39N3O16/c27-13-18(35)20(11(6-31)41-24(13)40)45-26-15(29-22(37)8-3-1-2-4-9(8)23(38)39)19(36)21(12(7-32)43-26)44-25-14(28)17(34)16(33)10(5-30)42-25/h1-4,10-21,24-26,30-36,40H,5-7,27-28H2,(H,29,37)(H,38,39)/t10-,11-,12-,13-,14-,15-,16-,17-,18-,19-,20?,21?,24-,25+,26+/m1/s1. The lowest BCUT2D eigenvalue weighted by Gasteiger charge is -2.49. The van der Waals surface area contributed by atoms with Crippen molar-refractivity contribution in [2.75, 3.05) is 19.8 Å². The Hall–Kier alpha value is -2.44. The van der Waals surface area contributed by atoms with Crippen molar-refractivity contribution in [3.63, 3.8) is 0 Å². The first kappa shape index (κ1) is 35.4. The number of hydrogen-bond acceptors (Lipinski definition) is 17. The maximum absolute atomic E-state index is 13.4. The molecule has 4 rings (SSSR count). The van der Waals surface area contributed by atoms with Gasteiger partial charge >= 0.3 is 5.97 Å². The molecule has 3 saturated heterocycles. The van der Waals surface area contributed by atoms with Crippen molar-refractivity contribution in [1.82, 2.24) is 5.32 Å². The fraction of sp³-hybridized carbons (Fsp3) is 0.692. The highest BCUT2D eigenvalue weighted by Gasteiger charge is 2.53. The van der Waals surface area contributed by atoms with E-state index in [0.29, 0.717) is 0 Å². The van der Waals surface area contributed by atoms with Crippen LogP contribution in [-0.2, 0) is 23.7 Å². The van der Waals surface area contributed by atoms with Crippen LogP contribution in [0.15, 0.2) is 24.3 Å². The van der Waals surface area contributed by atoms with Crippen molar-refractivity contribution in [2.24, 2.45) is 11.5 Å². The van der Waals surface area contributed by atoms with Crippen LogP contribution in [0.2, 0.25) is 0 Å². The summed E-state index contributed by atoms with van der Waals surface area (Å²) in [5.74, 6) is -2.45. The van der Waals surface area contributed by atoms with Gasteiger partial charge in [0.1, 0.15) is 61.0 Å². The fourth-order valence-electron chi connectivity index (χ4n) is 5.41. The van der Waals surface area contributed by atoms with Crippen molar-refractivity contribution < 1.29 is 79.2 Å². The number of aliphatic hydroxyl groups is 8. The monoisotopic (exact) mass is 649 g/mol. The molecule has 254 valence electrons. The maximum Gasteiger partial charge on any atom is 0.336 e. The molecule has 19 heteroatoms. The molecular formula is C26H39N3O16. The zero-order valence-corrected chi connectivity index (χ0v) is 23.6. The molecular weight excluding hydrogens is 610 g/mol. The highest BCUT2D eigenvalue weighted by Crippen LogP contribution is 2.32. The van der Waals surface area contributed by atoms with E-state index in [0.717, 1.165) is 0 Å². The van der Waals surface area contributed by atoms with E-state index in [1.54, 1.807) is 0 Å². The molecule has 45 heavy (non-hydrogen) atoms. The maximum atomic E-state index is 13.4. The quantitative estimate of drug-likeness (QED) is 0.112. The lowest BCUT2D eigenvalue weighted by molar-refractivity contribution is -0.349. The molecule has 1 aromatic carbocycles. The summed E-state index contributed by atoms with van der Waals surface area (Å²) in [5, 5.41) is 94.2. The second kappa shape index (κ2) is 15.0. The number of carboxylic acid groups (broad SMARTS) is 1. The lowest BCUT2D eigenvalue weighted by atomic mass is 9.93. The van der Waals surface area contributed by atoms with Gasteiger partial charge in [0.2, 0.25) is 0 Å². The number of amides is 1. The minimum Gasteiger partial charge on any atom is -0.478 e. The highest BCUT2D eigenvalue weighted by molar-refractivity contribution is 6.04. The third kappa shape index (κ3) is 7.27. The van der Waals surface area contributed by atoms with Crippen molar-refractivity contribution in [3.8, 4) is 0 Å². The number of carbonyl (C=O) groups is 2. The molecule has 3 heterocycles. The molecule has 15 atom stereocenters. The fourth-order valence-corrected chi connectivity index (χ4v) is 5.41. The van der Waals surface area contributed by atoms with Crippen LogP contribution in [0.5, 0.6) is 0 Å². The topological polar surface area (TPSA) is 326 Å². The Balaban J connectivity index is 1.66. The Morgan fingerprint density at radius 2 is 1.24 bits per heavy atom. The van der Waals surface area contributed by atoms with Crippen molar-refractivity contribution >= 4 is 11.9 Å². The molecule has 0 spiro atoms. The Morgan fingerprint density at radius 3 is 1.84 bits per heavy atom. The molecule has 0 bridgehead atoms. The average molecular weight is 650 g/mol. The second-order valence-electron chi connectivity index (χ2n) is 10.9. The number of ether oxygens (including phenoxy) is 5. The average Bonchev–Trinajstić information content (AvgIpc) is 3.03. The summed E-state index contributed by atoms with van der Waals surface area (Å²) < 4.78 is 28.1. The minimum atomic E-state index is -1.89. The van der Waals surface area contributed by atoms with Gasteiger partial charge in [-0.25, -0.2) is 4.79 Å². The highest BCUT2D eigenvalue weighted by atomic mass is 16.7. The minimum absolute atomic E-state index is 0.322. The van der Waals surface area contributed by atoms with Crippen molar-refractivity contribution in [3.05, 3.63) is 35.4 Å². The molecule has 2 unspecified atom stereocenters. The van der Waals surface area contributed by atoms with Gasteiger partial charge in [-0.3, -0.25) is 4.79 Å². The number of rotatable bonds is 10. The zero-order valence-electron chi connectivity index (χ0n) is 23.6. The van der Waals surface area contributed by atoms with Crippen LogP contribution in [0.4, 0.5) is 0 Å². The lowest BCUT2D eigenvalue weighted by Crippen LogP contribution is -2.70. The molecule has 3 aliphatic heterocycles. The number of benzene rings is 1. The first-order valence-corrected chi connectivity index (χ1v) is 14.0. The molecule has 19 nitrogen and oxygen atoms in total. The van der Waals surface area contributed by atoms with E-state index in [4.69, 9.17) is 35.2 Å². The van der Waals surface area contributed by atoms with Crippen LogP contribution >= 0.6 is 0 Å². The van der Waals surface area contributed by atoms with Crippen LogP contribution < -0.4 is 16.8 Å². The summed E-state index contributed by atoms with van der Waals surface area (Å²) in [5.41, 5.74) is 11.0. The van der Waals surface area contributed by atoms with E-state index < -0.39 is 124 Å². The first-order valence-electron chi connectivity index (χ1n) is 14.0. The summed E-state index contributed by atoms with van der Waals surface area (Å²) in [6, 6.07) is 0.627. The van der Waals surface area contributed by atoms with Gasteiger partial charge in [-0.1, -0.05) is 12.1 Å². The number of nitrogens with two attached hydrogens (primary N) is 2. The van der Waals surface area contributed by atoms with E-state index in [9.17, 15) is 55.5 Å². The van der Waals surface area contributed by atoms with Gasteiger partial charge in [-0.05, 0) is 12.1 Å². The van der Waals surface area contributed by atoms with Gasteiger partial charge in [0.15, 0.2) is 18.9 Å². The van der Waals surface area contributed by atoms with Crippen LogP contribution in [-0.4, -0.2) is 170 Å². The Labute approximate surface area is 255 Å². The van der Waals surface area contributed by atoms with Gasteiger partial charge in [0, 0.05) is 0 Å². The summed E-state index contributed by atoms with van der Waals surface area (Å²) >= 11 is 0. The van der Waals surface area contributed by atoms with Crippen molar-refractivity contribution in [1.29, 1.82) is 0 Å². The Kier molecular flexibility index (Phi) is 11.8. The Bertz CT molecular complexity index is 1160. The normalized spacial score (nSPS) is 42.2. The number of nitrogens with one attached hydrogen (secondary N) is 1. The first-order chi connectivity index (χ1) is 21.3. The van der Waals surface area contributed by atoms with E-state index in [1.165, 1.54) is 24.3 Å². The number of aromatic carboxylic acids is 1. The van der Waals surface area contributed by atoms with Crippen LogP contribution in [0.3, 0.4) is 0 Å². The molecule has 3 aliphatic rings.